The molecule has 4 nitrogen and oxygen atoms in total. The molecule has 1 heterocycles. The van der Waals surface area contributed by atoms with E-state index in [1.807, 2.05) is 0 Å². The Morgan fingerprint density at radius 2 is 2.20 bits per heavy atom. The van der Waals surface area contributed by atoms with E-state index in [9.17, 15) is 17.6 Å². The molecular weight excluding hydrogens is 349 g/mol. The number of benzene rings is 1. The van der Waals surface area contributed by atoms with Gasteiger partial charge in [-0.3, -0.25) is 4.79 Å². The number of halogens is 2. The van der Waals surface area contributed by atoms with E-state index in [1.54, 1.807) is 25.2 Å². The lowest BCUT2D eigenvalue weighted by atomic mass is 10.1. The Kier molecular flexibility index (Phi) is 4.49. The summed E-state index contributed by atoms with van der Waals surface area (Å²) < 4.78 is 37.0. The minimum absolute atomic E-state index is 0.00376. The molecule has 1 aliphatic rings. The van der Waals surface area contributed by atoms with Crippen LogP contribution < -0.4 is 0 Å². The van der Waals surface area contributed by atoms with Gasteiger partial charge in [0.05, 0.1) is 22.4 Å². The third kappa shape index (κ3) is 3.38. The average Bonchev–Trinajstić information content (AvgIpc) is 2.74. The lowest BCUT2D eigenvalue weighted by Crippen LogP contribution is -2.38. The van der Waals surface area contributed by atoms with Gasteiger partial charge in [-0.2, -0.15) is 0 Å². The number of hydrogen-bond acceptors (Lipinski definition) is 3. The van der Waals surface area contributed by atoms with Gasteiger partial charge >= 0.3 is 0 Å². The first-order chi connectivity index (χ1) is 9.30. The first-order valence-corrected chi connectivity index (χ1v) is 8.80. The maximum Gasteiger partial charge on any atom is 0.227 e. The Hall–Kier alpha value is -0.950. The van der Waals surface area contributed by atoms with Crippen LogP contribution in [0.4, 0.5) is 4.39 Å². The van der Waals surface area contributed by atoms with Gasteiger partial charge in [0.15, 0.2) is 9.84 Å². The van der Waals surface area contributed by atoms with E-state index in [-0.39, 0.29) is 29.9 Å². The fourth-order valence-corrected chi connectivity index (χ4v) is 4.44. The zero-order chi connectivity index (χ0) is 14.9. The van der Waals surface area contributed by atoms with E-state index in [1.165, 1.54) is 4.90 Å². The number of rotatable bonds is 3. The molecule has 1 aliphatic heterocycles. The maximum atomic E-state index is 13.8. The lowest BCUT2D eigenvalue weighted by Gasteiger charge is -2.23. The fraction of sp³-hybridized carbons (Fsp3) is 0.462. The van der Waals surface area contributed by atoms with Crippen molar-refractivity contribution in [2.45, 2.75) is 18.9 Å². The van der Waals surface area contributed by atoms with Crippen LogP contribution in [0.25, 0.3) is 0 Å². The van der Waals surface area contributed by atoms with Gasteiger partial charge in [-0.05, 0) is 34.0 Å². The van der Waals surface area contributed by atoms with Gasteiger partial charge in [-0.15, -0.1) is 0 Å². The number of amides is 1. The van der Waals surface area contributed by atoms with Crippen LogP contribution in [0.5, 0.6) is 0 Å². The standard InChI is InChI=1S/C13H15BrFNO3S/c1-16(10-5-6-20(18,19)8-10)12(17)7-9-3-2-4-11(14)13(9)15/h2-4,10H,5-8H2,1H3. The predicted molar refractivity (Wildman–Crippen MR) is 77.6 cm³/mol. The fourth-order valence-electron chi connectivity index (χ4n) is 2.26. The zero-order valence-electron chi connectivity index (χ0n) is 11.0. The van der Waals surface area contributed by atoms with Gasteiger partial charge in [0.25, 0.3) is 0 Å². The number of carbonyl (C=O) groups excluding carboxylic acids is 1. The highest BCUT2D eigenvalue weighted by molar-refractivity contribution is 9.10. The van der Waals surface area contributed by atoms with Crippen molar-refractivity contribution >= 4 is 31.7 Å². The SMILES string of the molecule is CN(C(=O)Cc1cccc(Br)c1F)C1CCS(=O)(=O)C1. The molecule has 20 heavy (non-hydrogen) atoms. The van der Waals surface area contributed by atoms with Crippen LogP contribution in [0.2, 0.25) is 0 Å². The summed E-state index contributed by atoms with van der Waals surface area (Å²) in [5.41, 5.74) is 0.303. The lowest BCUT2D eigenvalue weighted by molar-refractivity contribution is -0.130. The summed E-state index contributed by atoms with van der Waals surface area (Å²) in [4.78, 5) is 13.5. The second-order valence-electron chi connectivity index (χ2n) is 4.95. The number of carbonyl (C=O) groups is 1. The topological polar surface area (TPSA) is 54.5 Å². The molecule has 1 aromatic rings. The Balaban J connectivity index is 2.07. The molecule has 0 N–H and O–H groups in total. The van der Waals surface area contributed by atoms with Crippen molar-refractivity contribution in [3.63, 3.8) is 0 Å². The van der Waals surface area contributed by atoms with Gasteiger partial charge in [-0.25, -0.2) is 12.8 Å². The first-order valence-electron chi connectivity index (χ1n) is 6.19. The van der Waals surface area contributed by atoms with Crippen molar-refractivity contribution in [1.82, 2.24) is 4.90 Å². The molecule has 1 atom stereocenters. The van der Waals surface area contributed by atoms with Crippen LogP contribution >= 0.6 is 15.9 Å². The van der Waals surface area contributed by atoms with Crippen LogP contribution in [0.3, 0.4) is 0 Å². The Labute approximate surface area is 126 Å². The summed E-state index contributed by atoms with van der Waals surface area (Å²) in [5.74, 6) is -0.617. The average molecular weight is 364 g/mol. The molecule has 1 unspecified atom stereocenters. The van der Waals surface area contributed by atoms with Crippen molar-refractivity contribution in [3.8, 4) is 0 Å². The summed E-state index contributed by atoms with van der Waals surface area (Å²) in [6.45, 7) is 0. The van der Waals surface area contributed by atoms with Crippen molar-refractivity contribution in [1.29, 1.82) is 0 Å². The van der Waals surface area contributed by atoms with E-state index in [0.717, 1.165) is 0 Å². The Morgan fingerprint density at radius 3 is 2.80 bits per heavy atom. The van der Waals surface area contributed by atoms with Gasteiger partial charge in [0.2, 0.25) is 5.91 Å². The molecular formula is C13H15BrFNO3S. The monoisotopic (exact) mass is 363 g/mol. The largest absolute Gasteiger partial charge is 0.341 e. The van der Waals surface area contributed by atoms with E-state index < -0.39 is 15.7 Å². The molecule has 7 heteroatoms. The normalized spacial score (nSPS) is 20.9. The number of likely N-dealkylation sites (N-methyl/N-ethyl adjacent to an activating group) is 1. The molecule has 1 amide bonds. The molecule has 0 aliphatic carbocycles. The van der Waals surface area contributed by atoms with Crippen LogP contribution in [-0.2, 0) is 21.1 Å². The molecule has 0 radical (unpaired) electrons. The molecule has 110 valence electrons. The van der Waals surface area contributed by atoms with Gasteiger partial charge < -0.3 is 4.90 Å². The summed E-state index contributed by atoms with van der Waals surface area (Å²) >= 11 is 3.07. The second-order valence-corrected chi connectivity index (χ2v) is 8.03. The molecule has 0 spiro atoms. The molecule has 0 bridgehead atoms. The maximum absolute atomic E-state index is 13.8. The van der Waals surface area contributed by atoms with Crippen LogP contribution in [-0.4, -0.2) is 43.8 Å². The second kappa shape index (κ2) is 5.81. The Morgan fingerprint density at radius 1 is 1.50 bits per heavy atom. The summed E-state index contributed by atoms with van der Waals surface area (Å²) in [6, 6.07) is 4.48. The Bertz CT molecular complexity index is 633. The predicted octanol–water partition coefficient (Wildman–Crippen LogP) is 1.78. The third-order valence-corrected chi connectivity index (χ3v) is 5.89. The quantitative estimate of drug-likeness (QED) is 0.822. The minimum Gasteiger partial charge on any atom is -0.341 e. The van der Waals surface area contributed by atoms with Crippen molar-refractivity contribution in [2.75, 3.05) is 18.6 Å². The third-order valence-electron chi connectivity index (χ3n) is 3.52. The van der Waals surface area contributed by atoms with Crippen molar-refractivity contribution in [3.05, 3.63) is 34.1 Å². The van der Waals surface area contributed by atoms with E-state index >= 15 is 0 Å². The van der Waals surface area contributed by atoms with E-state index in [0.29, 0.717) is 16.5 Å². The smallest absolute Gasteiger partial charge is 0.227 e. The van der Waals surface area contributed by atoms with E-state index in [2.05, 4.69) is 15.9 Å². The highest BCUT2D eigenvalue weighted by atomic mass is 79.9. The number of nitrogens with zero attached hydrogens (tertiary/aromatic N) is 1. The van der Waals surface area contributed by atoms with Crippen LogP contribution in [0.15, 0.2) is 22.7 Å². The van der Waals surface area contributed by atoms with Crippen molar-refractivity contribution < 1.29 is 17.6 Å². The highest BCUT2D eigenvalue weighted by Crippen LogP contribution is 2.21. The summed E-state index contributed by atoms with van der Waals surface area (Å²) in [6.07, 6.45) is 0.379. The molecule has 1 saturated heterocycles. The summed E-state index contributed by atoms with van der Waals surface area (Å²) in [7, 11) is -1.46. The minimum atomic E-state index is -3.04. The van der Waals surface area contributed by atoms with Crippen molar-refractivity contribution in [2.24, 2.45) is 0 Å². The number of sulfone groups is 1. The molecule has 0 aromatic heterocycles. The highest BCUT2D eigenvalue weighted by Gasteiger charge is 2.32. The van der Waals surface area contributed by atoms with Gasteiger partial charge in [0, 0.05) is 13.1 Å². The van der Waals surface area contributed by atoms with Gasteiger partial charge in [-0.1, -0.05) is 12.1 Å². The van der Waals surface area contributed by atoms with Crippen LogP contribution in [0, 0.1) is 5.82 Å². The number of hydrogen-bond donors (Lipinski definition) is 0. The first kappa shape index (κ1) is 15.4. The van der Waals surface area contributed by atoms with E-state index in [4.69, 9.17) is 0 Å². The van der Waals surface area contributed by atoms with Gasteiger partial charge in [0.1, 0.15) is 5.82 Å². The van der Waals surface area contributed by atoms with Crippen LogP contribution in [0.1, 0.15) is 12.0 Å². The summed E-state index contributed by atoms with van der Waals surface area (Å²) in [5, 5.41) is 0. The molecule has 1 aromatic carbocycles. The zero-order valence-corrected chi connectivity index (χ0v) is 13.4. The molecule has 0 saturated carbocycles. The molecule has 1 fully saturated rings. The molecule has 2 rings (SSSR count).